The average molecular weight is 201 g/mol. The Balaban J connectivity index is 3.07. The van der Waals surface area contributed by atoms with Crippen molar-refractivity contribution in [2.45, 2.75) is 12.2 Å². The largest absolute Gasteiger partial charge is 0.401 e. The van der Waals surface area contributed by atoms with Crippen molar-refractivity contribution in [3.05, 3.63) is 46.3 Å². The van der Waals surface area contributed by atoms with Crippen LogP contribution in [0.25, 0.3) is 10.4 Å². The second kappa shape index (κ2) is 4.02. The van der Waals surface area contributed by atoms with Gasteiger partial charge in [-0.25, -0.2) is 0 Å². The average Bonchev–Trinajstić information content (AvgIpc) is 2.14. The van der Waals surface area contributed by atoms with Gasteiger partial charge in [0.25, 0.3) is 0 Å². The molecule has 1 aromatic carbocycles. The maximum atomic E-state index is 12.3. The minimum absolute atomic E-state index is 0.0576. The molecule has 0 aliphatic heterocycles. The number of nitrogens with zero attached hydrogens (tertiary/aromatic N) is 3. The van der Waals surface area contributed by atoms with Crippen LogP contribution in [0.1, 0.15) is 11.6 Å². The zero-order chi connectivity index (χ0) is 10.6. The molecule has 74 valence electrons. The molecule has 0 saturated heterocycles. The fourth-order valence-corrected chi connectivity index (χ4v) is 1.01. The van der Waals surface area contributed by atoms with Gasteiger partial charge in [-0.3, -0.25) is 0 Å². The monoisotopic (exact) mass is 201 g/mol. The number of benzene rings is 1. The third kappa shape index (κ3) is 2.40. The van der Waals surface area contributed by atoms with E-state index in [-0.39, 0.29) is 5.56 Å². The number of rotatable bonds is 2. The lowest BCUT2D eigenvalue weighted by Crippen LogP contribution is -2.18. The van der Waals surface area contributed by atoms with Gasteiger partial charge >= 0.3 is 6.18 Å². The molecule has 0 saturated carbocycles. The highest BCUT2D eigenvalue weighted by molar-refractivity contribution is 5.20. The molecule has 1 unspecified atom stereocenters. The first-order valence-corrected chi connectivity index (χ1v) is 3.71. The molecule has 0 aromatic heterocycles. The molecule has 3 nitrogen and oxygen atoms in total. The Kier molecular flexibility index (Phi) is 2.99. The van der Waals surface area contributed by atoms with Gasteiger partial charge in [-0.1, -0.05) is 35.4 Å². The van der Waals surface area contributed by atoms with Crippen LogP contribution in [0.3, 0.4) is 0 Å². The third-order valence-corrected chi connectivity index (χ3v) is 1.59. The summed E-state index contributed by atoms with van der Waals surface area (Å²) in [6, 6.07) is 4.95. The Morgan fingerprint density at radius 2 is 1.79 bits per heavy atom. The van der Waals surface area contributed by atoms with Crippen molar-refractivity contribution in [3.8, 4) is 0 Å². The Morgan fingerprint density at radius 1 is 1.21 bits per heavy atom. The predicted octanol–water partition coefficient (Wildman–Crippen LogP) is 3.60. The van der Waals surface area contributed by atoms with Crippen LogP contribution >= 0.6 is 0 Å². The van der Waals surface area contributed by atoms with Crippen LogP contribution < -0.4 is 0 Å². The first kappa shape index (κ1) is 10.4. The maximum Gasteiger partial charge on any atom is 0.401 e. The van der Waals surface area contributed by atoms with Crippen molar-refractivity contribution >= 4 is 0 Å². The van der Waals surface area contributed by atoms with Crippen LogP contribution in [0.5, 0.6) is 0 Å². The fraction of sp³-hybridized carbons (Fsp3) is 0.250. The molecule has 0 spiro atoms. The van der Waals surface area contributed by atoms with Crippen LogP contribution in [0.2, 0.25) is 0 Å². The molecular formula is C8H6F3N3. The maximum absolute atomic E-state index is 12.3. The van der Waals surface area contributed by atoms with Gasteiger partial charge in [0.2, 0.25) is 0 Å². The van der Waals surface area contributed by atoms with Gasteiger partial charge in [-0.2, -0.15) is 13.2 Å². The Morgan fingerprint density at radius 3 is 2.21 bits per heavy atom. The summed E-state index contributed by atoms with van der Waals surface area (Å²) in [5, 5.41) is 2.72. The minimum Gasteiger partial charge on any atom is -0.170 e. The Hall–Kier alpha value is -1.68. The zero-order valence-electron chi connectivity index (χ0n) is 6.94. The van der Waals surface area contributed by atoms with Gasteiger partial charge < -0.3 is 0 Å². The summed E-state index contributed by atoms with van der Waals surface area (Å²) >= 11 is 0. The summed E-state index contributed by atoms with van der Waals surface area (Å²) in [5.74, 6) is 0. The first-order valence-electron chi connectivity index (χ1n) is 3.71. The number of hydrogen-bond acceptors (Lipinski definition) is 1. The predicted molar refractivity (Wildman–Crippen MR) is 44.4 cm³/mol. The van der Waals surface area contributed by atoms with Gasteiger partial charge in [-0.15, -0.1) is 0 Å². The van der Waals surface area contributed by atoms with Crippen molar-refractivity contribution in [2.75, 3.05) is 0 Å². The number of hydrogen-bond donors (Lipinski definition) is 0. The number of halogens is 3. The number of azide groups is 1. The third-order valence-electron chi connectivity index (χ3n) is 1.59. The summed E-state index contributed by atoms with van der Waals surface area (Å²) in [7, 11) is 0. The Labute approximate surface area is 77.8 Å². The SMILES string of the molecule is [N-]=[N+]=NC(c1ccccc1)C(F)(F)F. The van der Waals surface area contributed by atoms with E-state index in [4.69, 9.17) is 5.53 Å². The normalized spacial score (nSPS) is 13.1. The minimum atomic E-state index is -4.55. The summed E-state index contributed by atoms with van der Waals surface area (Å²) in [6.45, 7) is 0. The zero-order valence-corrected chi connectivity index (χ0v) is 6.94. The Bertz CT molecular complexity index is 341. The highest BCUT2D eigenvalue weighted by Crippen LogP contribution is 2.35. The van der Waals surface area contributed by atoms with E-state index in [1.54, 1.807) is 6.07 Å². The molecule has 0 fully saturated rings. The molecule has 1 rings (SSSR count). The van der Waals surface area contributed by atoms with Gasteiger partial charge in [0.15, 0.2) is 6.04 Å². The summed E-state index contributed by atoms with van der Waals surface area (Å²) < 4.78 is 37.0. The van der Waals surface area contributed by atoms with Gasteiger partial charge in [0, 0.05) is 4.91 Å². The summed E-state index contributed by atoms with van der Waals surface area (Å²) in [4.78, 5) is 2.18. The highest BCUT2D eigenvalue weighted by Gasteiger charge is 2.39. The molecular weight excluding hydrogens is 195 g/mol. The van der Waals surface area contributed by atoms with Crippen LogP contribution in [-0.2, 0) is 0 Å². The van der Waals surface area contributed by atoms with Gasteiger partial charge in [0.1, 0.15) is 0 Å². The van der Waals surface area contributed by atoms with Crippen molar-refractivity contribution < 1.29 is 13.2 Å². The topological polar surface area (TPSA) is 48.8 Å². The van der Waals surface area contributed by atoms with E-state index in [0.29, 0.717) is 0 Å². The van der Waals surface area contributed by atoms with E-state index in [0.717, 1.165) is 0 Å². The van der Waals surface area contributed by atoms with Crippen LogP contribution in [-0.4, -0.2) is 6.18 Å². The summed E-state index contributed by atoms with van der Waals surface area (Å²) in [5.41, 5.74) is 7.96. The van der Waals surface area contributed by atoms with E-state index in [9.17, 15) is 13.2 Å². The van der Waals surface area contributed by atoms with E-state index < -0.39 is 12.2 Å². The van der Waals surface area contributed by atoms with E-state index in [1.165, 1.54) is 24.3 Å². The molecule has 0 N–H and O–H groups in total. The fourth-order valence-electron chi connectivity index (χ4n) is 1.01. The van der Waals surface area contributed by atoms with E-state index in [1.807, 2.05) is 0 Å². The quantitative estimate of drug-likeness (QED) is 0.398. The molecule has 0 amide bonds. The second-order valence-electron chi connectivity index (χ2n) is 2.56. The van der Waals surface area contributed by atoms with Crippen molar-refractivity contribution in [1.29, 1.82) is 0 Å². The smallest absolute Gasteiger partial charge is 0.170 e. The standard InChI is InChI=1S/C8H6F3N3/c9-8(10,11)7(13-14-12)6-4-2-1-3-5-6/h1-5,7H. The molecule has 0 aliphatic carbocycles. The highest BCUT2D eigenvalue weighted by atomic mass is 19.4. The van der Waals surface area contributed by atoms with Gasteiger partial charge in [-0.05, 0) is 11.1 Å². The van der Waals surface area contributed by atoms with E-state index in [2.05, 4.69) is 10.0 Å². The lowest BCUT2D eigenvalue weighted by atomic mass is 10.1. The first-order chi connectivity index (χ1) is 6.55. The number of alkyl halides is 3. The molecule has 0 radical (unpaired) electrons. The molecule has 14 heavy (non-hydrogen) atoms. The van der Waals surface area contributed by atoms with Crippen molar-refractivity contribution in [3.63, 3.8) is 0 Å². The van der Waals surface area contributed by atoms with Crippen molar-refractivity contribution in [2.24, 2.45) is 5.11 Å². The van der Waals surface area contributed by atoms with Crippen LogP contribution in [0, 0.1) is 0 Å². The van der Waals surface area contributed by atoms with Crippen LogP contribution in [0.15, 0.2) is 35.4 Å². The lowest BCUT2D eigenvalue weighted by Gasteiger charge is -2.14. The lowest BCUT2D eigenvalue weighted by molar-refractivity contribution is -0.148. The molecule has 0 bridgehead atoms. The molecule has 1 aromatic rings. The molecule has 1 atom stereocenters. The molecule has 0 aliphatic rings. The van der Waals surface area contributed by atoms with Crippen molar-refractivity contribution in [1.82, 2.24) is 0 Å². The van der Waals surface area contributed by atoms with E-state index >= 15 is 0 Å². The van der Waals surface area contributed by atoms with Gasteiger partial charge in [0.05, 0.1) is 0 Å². The summed E-state index contributed by atoms with van der Waals surface area (Å²) in [6.07, 6.45) is -4.55. The van der Waals surface area contributed by atoms with Crippen LogP contribution in [0.4, 0.5) is 13.2 Å². The molecule has 0 heterocycles. The second-order valence-corrected chi connectivity index (χ2v) is 2.56. The molecule has 6 heteroatoms.